The predicted molar refractivity (Wildman–Crippen MR) is 82.6 cm³/mol. The van der Waals surface area contributed by atoms with Gasteiger partial charge < -0.3 is 10.5 Å². The van der Waals surface area contributed by atoms with Gasteiger partial charge in [0.15, 0.2) is 0 Å². The Bertz CT molecular complexity index is 549. The summed E-state index contributed by atoms with van der Waals surface area (Å²) in [5.41, 5.74) is 8.27. The Morgan fingerprint density at radius 3 is 2.42 bits per heavy atom. The topological polar surface area (TPSA) is 35.2 Å². The fourth-order valence-electron chi connectivity index (χ4n) is 1.89. The van der Waals surface area contributed by atoms with E-state index < -0.39 is 0 Å². The van der Waals surface area contributed by atoms with Crippen LogP contribution < -0.4 is 10.5 Å². The number of halogens is 1. The van der Waals surface area contributed by atoms with Crippen molar-refractivity contribution in [2.45, 2.75) is 26.3 Å². The van der Waals surface area contributed by atoms with E-state index in [1.165, 1.54) is 5.56 Å². The molecule has 0 saturated heterocycles. The number of ether oxygens (including phenoxy) is 1. The molecule has 0 fully saturated rings. The Balaban J connectivity index is 2.28. The summed E-state index contributed by atoms with van der Waals surface area (Å²) in [5, 5.41) is 0. The zero-order chi connectivity index (χ0) is 13.8. The first-order valence-electron chi connectivity index (χ1n) is 6.42. The van der Waals surface area contributed by atoms with Crippen molar-refractivity contribution >= 4 is 15.9 Å². The lowest BCUT2D eigenvalue weighted by molar-refractivity contribution is 0.471. The van der Waals surface area contributed by atoms with E-state index in [4.69, 9.17) is 10.5 Å². The van der Waals surface area contributed by atoms with E-state index >= 15 is 0 Å². The van der Waals surface area contributed by atoms with Crippen LogP contribution >= 0.6 is 15.9 Å². The molecule has 0 saturated carbocycles. The van der Waals surface area contributed by atoms with Crippen LogP contribution in [0.4, 0.5) is 0 Å². The fourth-order valence-corrected chi connectivity index (χ4v) is 2.23. The van der Waals surface area contributed by atoms with E-state index in [0.29, 0.717) is 0 Å². The first kappa shape index (κ1) is 14.1. The van der Waals surface area contributed by atoms with Gasteiger partial charge in [0.2, 0.25) is 0 Å². The molecule has 100 valence electrons. The molecule has 0 bridgehead atoms. The average molecular weight is 320 g/mol. The maximum Gasteiger partial charge on any atom is 0.133 e. The molecule has 0 aliphatic rings. The van der Waals surface area contributed by atoms with Crippen molar-refractivity contribution in [2.24, 2.45) is 5.73 Å². The third-order valence-corrected chi connectivity index (χ3v) is 3.52. The van der Waals surface area contributed by atoms with E-state index in [1.54, 1.807) is 0 Å². The van der Waals surface area contributed by atoms with Crippen LogP contribution in [0.2, 0.25) is 0 Å². The number of aryl methyl sites for hydroxylation is 1. The van der Waals surface area contributed by atoms with Crippen molar-refractivity contribution in [3.63, 3.8) is 0 Å². The quantitative estimate of drug-likeness (QED) is 0.876. The van der Waals surface area contributed by atoms with E-state index in [-0.39, 0.29) is 6.04 Å². The van der Waals surface area contributed by atoms with Gasteiger partial charge in [0.1, 0.15) is 11.5 Å². The van der Waals surface area contributed by atoms with Crippen molar-refractivity contribution in [1.82, 2.24) is 0 Å². The van der Waals surface area contributed by atoms with Crippen LogP contribution in [-0.4, -0.2) is 0 Å². The Morgan fingerprint density at radius 2 is 1.84 bits per heavy atom. The van der Waals surface area contributed by atoms with Gasteiger partial charge >= 0.3 is 0 Å². The summed E-state index contributed by atoms with van der Waals surface area (Å²) in [6, 6.07) is 14.0. The Morgan fingerprint density at radius 1 is 1.16 bits per heavy atom. The van der Waals surface area contributed by atoms with E-state index in [2.05, 4.69) is 35.0 Å². The standard InChI is InChI=1S/C16H18BrNO/c1-3-12-4-7-14(8-5-12)19-16-10-13(17)6-9-15(16)11(2)18/h4-11H,3,18H2,1-2H3. The van der Waals surface area contributed by atoms with Crippen molar-refractivity contribution in [1.29, 1.82) is 0 Å². The zero-order valence-corrected chi connectivity index (χ0v) is 12.8. The van der Waals surface area contributed by atoms with Crippen LogP contribution in [0.15, 0.2) is 46.9 Å². The number of benzene rings is 2. The molecule has 1 atom stereocenters. The minimum Gasteiger partial charge on any atom is -0.457 e. The molecule has 0 radical (unpaired) electrons. The second-order valence-electron chi connectivity index (χ2n) is 4.57. The van der Waals surface area contributed by atoms with Crippen LogP contribution in [0.1, 0.15) is 31.0 Å². The van der Waals surface area contributed by atoms with E-state index in [0.717, 1.165) is 28.0 Å². The van der Waals surface area contributed by atoms with Crippen molar-refractivity contribution in [3.8, 4) is 11.5 Å². The molecule has 2 rings (SSSR count). The first-order chi connectivity index (χ1) is 9.10. The van der Waals surface area contributed by atoms with E-state index in [1.807, 2.05) is 37.3 Å². The van der Waals surface area contributed by atoms with Gasteiger partial charge in [0.25, 0.3) is 0 Å². The lowest BCUT2D eigenvalue weighted by Gasteiger charge is -2.14. The predicted octanol–water partition coefficient (Wildman–Crippen LogP) is 4.82. The average Bonchev–Trinajstić information content (AvgIpc) is 2.39. The molecule has 1 unspecified atom stereocenters. The van der Waals surface area contributed by atoms with Crippen LogP contribution in [0.25, 0.3) is 0 Å². The summed E-state index contributed by atoms with van der Waals surface area (Å²) in [4.78, 5) is 0. The summed E-state index contributed by atoms with van der Waals surface area (Å²) in [6.07, 6.45) is 1.03. The van der Waals surface area contributed by atoms with Crippen LogP contribution in [0.3, 0.4) is 0 Å². The maximum atomic E-state index is 5.97. The molecule has 19 heavy (non-hydrogen) atoms. The van der Waals surface area contributed by atoms with Crippen molar-refractivity contribution < 1.29 is 4.74 Å². The number of hydrogen-bond acceptors (Lipinski definition) is 2. The molecule has 0 spiro atoms. The smallest absolute Gasteiger partial charge is 0.133 e. The molecule has 2 N–H and O–H groups in total. The van der Waals surface area contributed by atoms with Gasteiger partial charge in [-0.2, -0.15) is 0 Å². The Labute approximate surface area is 122 Å². The minimum absolute atomic E-state index is 0.0574. The van der Waals surface area contributed by atoms with Gasteiger partial charge in [-0.25, -0.2) is 0 Å². The van der Waals surface area contributed by atoms with Gasteiger partial charge in [0, 0.05) is 16.1 Å². The van der Waals surface area contributed by atoms with Crippen LogP contribution in [0, 0.1) is 0 Å². The molecule has 3 heteroatoms. The fraction of sp³-hybridized carbons (Fsp3) is 0.250. The van der Waals surface area contributed by atoms with Gasteiger partial charge in [-0.05, 0) is 43.2 Å². The summed E-state index contributed by atoms with van der Waals surface area (Å²) < 4.78 is 6.92. The highest BCUT2D eigenvalue weighted by molar-refractivity contribution is 9.10. The molecular formula is C16H18BrNO. The lowest BCUT2D eigenvalue weighted by Crippen LogP contribution is -2.06. The SMILES string of the molecule is CCc1ccc(Oc2cc(Br)ccc2C(C)N)cc1. The van der Waals surface area contributed by atoms with Gasteiger partial charge in [-0.1, -0.05) is 41.1 Å². The van der Waals surface area contributed by atoms with Gasteiger partial charge in [-0.3, -0.25) is 0 Å². The Kier molecular flexibility index (Phi) is 4.61. The maximum absolute atomic E-state index is 5.97. The molecule has 0 heterocycles. The molecule has 0 aliphatic carbocycles. The highest BCUT2D eigenvalue weighted by Gasteiger charge is 2.09. The highest BCUT2D eigenvalue weighted by atomic mass is 79.9. The largest absolute Gasteiger partial charge is 0.457 e. The molecule has 2 aromatic carbocycles. The highest BCUT2D eigenvalue weighted by Crippen LogP contribution is 2.31. The third-order valence-electron chi connectivity index (χ3n) is 3.03. The van der Waals surface area contributed by atoms with Crippen LogP contribution in [0.5, 0.6) is 11.5 Å². The normalized spacial score (nSPS) is 12.2. The number of hydrogen-bond donors (Lipinski definition) is 1. The summed E-state index contributed by atoms with van der Waals surface area (Å²) in [5.74, 6) is 1.63. The zero-order valence-electron chi connectivity index (χ0n) is 11.2. The molecular weight excluding hydrogens is 302 g/mol. The number of rotatable bonds is 4. The van der Waals surface area contributed by atoms with E-state index in [9.17, 15) is 0 Å². The summed E-state index contributed by atoms with van der Waals surface area (Å²) in [6.45, 7) is 4.09. The van der Waals surface area contributed by atoms with Crippen molar-refractivity contribution in [2.75, 3.05) is 0 Å². The van der Waals surface area contributed by atoms with Gasteiger partial charge in [-0.15, -0.1) is 0 Å². The second-order valence-corrected chi connectivity index (χ2v) is 5.49. The number of nitrogens with two attached hydrogens (primary N) is 1. The second kappa shape index (κ2) is 6.22. The monoisotopic (exact) mass is 319 g/mol. The first-order valence-corrected chi connectivity index (χ1v) is 7.21. The molecule has 0 amide bonds. The van der Waals surface area contributed by atoms with Crippen LogP contribution in [-0.2, 0) is 6.42 Å². The third kappa shape index (κ3) is 3.58. The molecule has 0 aliphatic heterocycles. The molecule has 2 nitrogen and oxygen atoms in total. The van der Waals surface area contributed by atoms with Gasteiger partial charge in [0.05, 0.1) is 0 Å². The molecule has 2 aromatic rings. The molecule has 0 aromatic heterocycles. The lowest BCUT2D eigenvalue weighted by atomic mass is 10.1. The minimum atomic E-state index is -0.0574. The van der Waals surface area contributed by atoms with Crippen molar-refractivity contribution in [3.05, 3.63) is 58.1 Å². The summed E-state index contributed by atoms with van der Waals surface area (Å²) in [7, 11) is 0. The summed E-state index contributed by atoms with van der Waals surface area (Å²) >= 11 is 3.46. The Hall–Kier alpha value is -1.32.